The van der Waals surface area contributed by atoms with Crippen LogP contribution in [0, 0.1) is 13.8 Å². The summed E-state index contributed by atoms with van der Waals surface area (Å²) in [5, 5.41) is 2.91. The normalized spacial score (nSPS) is 18.9. The van der Waals surface area contributed by atoms with E-state index >= 15 is 0 Å². The van der Waals surface area contributed by atoms with Crippen LogP contribution in [0.3, 0.4) is 0 Å². The molecule has 0 saturated carbocycles. The van der Waals surface area contributed by atoms with Crippen LogP contribution >= 0.6 is 0 Å². The lowest BCUT2D eigenvalue weighted by molar-refractivity contribution is -0.127. The Morgan fingerprint density at radius 3 is 2.62 bits per heavy atom. The molecule has 1 fully saturated rings. The first-order valence-electron chi connectivity index (χ1n) is 7.58. The maximum atomic E-state index is 12.7. The zero-order valence-electron chi connectivity index (χ0n) is 13.2. The van der Waals surface area contributed by atoms with E-state index in [0.717, 1.165) is 25.0 Å². The first kappa shape index (κ1) is 15.6. The van der Waals surface area contributed by atoms with Crippen molar-refractivity contribution in [3.05, 3.63) is 23.2 Å². The summed E-state index contributed by atoms with van der Waals surface area (Å²) in [6.45, 7) is 8.09. The van der Waals surface area contributed by atoms with Crippen molar-refractivity contribution in [3.63, 3.8) is 0 Å². The molecule has 2 amide bonds. The highest BCUT2D eigenvalue weighted by molar-refractivity contribution is 5.98. The molecule has 0 unspecified atom stereocenters. The number of carbonyl (C=O) groups is 2. The number of hydrogen-bond donors (Lipinski definition) is 1. The minimum atomic E-state index is -0.372. The summed E-state index contributed by atoms with van der Waals surface area (Å²) < 4.78 is 5.44. The molecule has 0 spiro atoms. The predicted molar refractivity (Wildman–Crippen MR) is 80.1 cm³/mol. The fraction of sp³-hybridized carbons (Fsp3) is 0.625. The highest BCUT2D eigenvalue weighted by Gasteiger charge is 2.33. The molecule has 0 bridgehead atoms. The van der Waals surface area contributed by atoms with Crippen molar-refractivity contribution >= 4 is 11.8 Å². The first-order chi connectivity index (χ1) is 9.90. The average Bonchev–Trinajstić information content (AvgIpc) is 2.76. The van der Waals surface area contributed by atoms with Crippen LogP contribution in [-0.4, -0.2) is 35.3 Å². The zero-order chi connectivity index (χ0) is 15.6. The van der Waals surface area contributed by atoms with Crippen molar-refractivity contribution in [3.8, 4) is 0 Å². The van der Waals surface area contributed by atoms with Gasteiger partial charge in [-0.15, -0.1) is 0 Å². The predicted octanol–water partition coefficient (Wildman–Crippen LogP) is 2.42. The number of piperidine rings is 1. The summed E-state index contributed by atoms with van der Waals surface area (Å²) in [6.07, 6.45) is 2.64. The van der Waals surface area contributed by atoms with Gasteiger partial charge in [0, 0.05) is 12.6 Å². The van der Waals surface area contributed by atoms with Crippen molar-refractivity contribution in [2.24, 2.45) is 0 Å². The highest BCUT2D eigenvalue weighted by Crippen LogP contribution is 2.23. The summed E-state index contributed by atoms with van der Waals surface area (Å²) in [5.41, 5.74) is 0.566. The van der Waals surface area contributed by atoms with Gasteiger partial charge in [0.1, 0.15) is 17.6 Å². The smallest absolute Gasteiger partial charge is 0.258 e. The minimum Gasteiger partial charge on any atom is -0.466 e. The molecule has 0 aromatic carbocycles. The van der Waals surface area contributed by atoms with Crippen LogP contribution in [-0.2, 0) is 4.79 Å². The van der Waals surface area contributed by atoms with E-state index < -0.39 is 0 Å². The topological polar surface area (TPSA) is 62.6 Å². The van der Waals surface area contributed by atoms with Gasteiger partial charge in [-0.3, -0.25) is 9.59 Å². The number of carbonyl (C=O) groups excluding carboxylic acids is 2. The van der Waals surface area contributed by atoms with Gasteiger partial charge in [0.05, 0.1) is 5.56 Å². The van der Waals surface area contributed by atoms with Gasteiger partial charge in [0.15, 0.2) is 0 Å². The van der Waals surface area contributed by atoms with Crippen LogP contribution < -0.4 is 5.32 Å². The molecule has 2 heterocycles. The van der Waals surface area contributed by atoms with Gasteiger partial charge in [-0.1, -0.05) is 0 Å². The first-order valence-corrected chi connectivity index (χ1v) is 7.58. The van der Waals surface area contributed by atoms with Gasteiger partial charge in [-0.2, -0.15) is 0 Å². The van der Waals surface area contributed by atoms with E-state index in [1.54, 1.807) is 17.9 Å². The Bertz CT molecular complexity index is 534. The standard InChI is InChI=1S/C16H24N2O3/c1-10(2)17-15(19)14-7-5-6-8-18(14)16(20)13-9-11(3)21-12(13)4/h9-10,14H,5-8H2,1-4H3,(H,17,19)/t14-/m1/s1. The molecule has 1 saturated heterocycles. The summed E-state index contributed by atoms with van der Waals surface area (Å²) in [7, 11) is 0. The SMILES string of the molecule is Cc1cc(C(=O)N2CCCC[C@@H]2C(=O)NC(C)C)c(C)o1. The Morgan fingerprint density at radius 2 is 2.05 bits per heavy atom. The molecular formula is C16H24N2O3. The number of amides is 2. The molecule has 0 radical (unpaired) electrons. The molecule has 21 heavy (non-hydrogen) atoms. The Morgan fingerprint density at radius 1 is 1.33 bits per heavy atom. The fourth-order valence-electron chi connectivity index (χ4n) is 2.83. The lowest BCUT2D eigenvalue weighted by Crippen LogP contribution is -2.53. The summed E-state index contributed by atoms with van der Waals surface area (Å²) in [6, 6.07) is 1.46. The van der Waals surface area contributed by atoms with Crippen LogP contribution in [0.25, 0.3) is 0 Å². The van der Waals surface area contributed by atoms with E-state index in [0.29, 0.717) is 17.9 Å². The van der Waals surface area contributed by atoms with Gasteiger partial charge in [0.2, 0.25) is 5.91 Å². The van der Waals surface area contributed by atoms with Crippen LogP contribution in [0.4, 0.5) is 0 Å². The second-order valence-corrected chi connectivity index (χ2v) is 6.00. The number of rotatable bonds is 3. The van der Waals surface area contributed by atoms with Crippen molar-refractivity contribution in [2.45, 2.75) is 59.0 Å². The van der Waals surface area contributed by atoms with Crippen molar-refractivity contribution in [2.75, 3.05) is 6.54 Å². The van der Waals surface area contributed by atoms with E-state index in [1.165, 1.54) is 0 Å². The lowest BCUT2D eigenvalue weighted by atomic mass is 9.99. The van der Waals surface area contributed by atoms with Crippen LogP contribution in [0.1, 0.15) is 55.0 Å². The third kappa shape index (κ3) is 3.46. The minimum absolute atomic E-state index is 0.0593. The number of aryl methyl sites for hydroxylation is 2. The van der Waals surface area contributed by atoms with Crippen LogP contribution in [0.15, 0.2) is 10.5 Å². The number of nitrogens with zero attached hydrogens (tertiary/aromatic N) is 1. The summed E-state index contributed by atoms with van der Waals surface area (Å²) in [4.78, 5) is 26.7. The van der Waals surface area contributed by atoms with Gasteiger partial charge < -0.3 is 14.6 Å². The van der Waals surface area contributed by atoms with Gasteiger partial charge in [0.25, 0.3) is 5.91 Å². The summed E-state index contributed by atoms with van der Waals surface area (Å²) in [5.74, 6) is 1.17. The maximum absolute atomic E-state index is 12.7. The second kappa shape index (κ2) is 6.33. The Balaban J connectivity index is 2.20. The molecule has 116 valence electrons. The van der Waals surface area contributed by atoms with Gasteiger partial charge in [-0.05, 0) is 53.0 Å². The largest absolute Gasteiger partial charge is 0.466 e. The second-order valence-electron chi connectivity index (χ2n) is 6.00. The number of furan rings is 1. The van der Waals surface area contributed by atoms with E-state index in [2.05, 4.69) is 5.32 Å². The molecule has 5 heteroatoms. The third-order valence-electron chi connectivity index (χ3n) is 3.77. The summed E-state index contributed by atoms with van der Waals surface area (Å²) >= 11 is 0. The van der Waals surface area contributed by atoms with Gasteiger partial charge in [-0.25, -0.2) is 0 Å². The molecule has 2 rings (SSSR count). The number of likely N-dealkylation sites (tertiary alicyclic amines) is 1. The number of hydrogen-bond acceptors (Lipinski definition) is 3. The molecule has 1 N–H and O–H groups in total. The number of nitrogens with one attached hydrogen (secondary N) is 1. The Hall–Kier alpha value is -1.78. The molecule has 1 atom stereocenters. The zero-order valence-corrected chi connectivity index (χ0v) is 13.2. The Kier molecular flexibility index (Phi) is 4.70. The maximum Gasteiger partial charge on any atom is 0.258 e. The van der Waals surface area contributed by atoms with Crippen molar-refractivity contribution in [1.82, 2.24) is 10.2 Å². The average molecular weight is 292 g/mol. The molecule has 0 aliphatic carbocycles. The van der Waals surface area contributed by atoms with E-state index in [1.807, 2.05) is 20.8 Å². The van der Waals surface area contributed by atoms with Gasteiger partial charge >= 0.3 is 0 Å². The quantitative estimate of drug-likeness (QED) is 0.930. The molecule has 1 aliphatic heterocycles. The van der Waals surface area contributed by atoms with E-state index in [4.69, 9.17) is 4.42 Å². The lowest BCUT2D eigenvalue weighted by Gasteiger charge is -2.35. The van der Waals surface area contributed by atoms with E-state index in [-0.39, 0.29) is 23.9 Å². The van der Waals surface area contributed by atoms with Crippen molar-refractivity contribution in [1.29, 1.82) is 0 Å². The fourth-order valence-corrected chi connectivity index (χ4v) is 2.83. The monoisotopic (exact) mass is 292 g/mol. The molecule has 1 aromatic heterocycles. The van der Waals surface area contributed by atoms with Crippen molar-refractivity contribution < 1.29 is 14.0 Å². The van der Waals surface area contributed by atoms with E-state index in [9.17, 15) is 9.59 Å². The molecule has 1 aromatic rings. The molecule has 1 aliphatic rings. The highest BCUT2D eigenvalue weighted by atomic mass is 16.3. The van der Waals surface area contributed by atoms with Crippen LogP contribution in [0.5, 0.6) is 0 Å². The van der Waals surface area contributed by atoms with Crippen LogP contribution in [0.2, 0.25) is 0 Å². The molecule has 5 nitrogen and oxygen atoms in total. The molecular weight excluding hydrogens is 268 g/mol. The third-order valence-corrected chi connectivity index (χ3v) is 3.77. The Labute approximate surface area is 125 Å².